The third kappa shape index (κ3) is 5.46. The van der Waals surface area contributed by atoms with Crippen LogP contribution in [-0.4, -0.2) is 55.6 Å². The number of nitro benzene ring substituents is 1. The molecule has 0 bridgehead atoms. The van der Waals surface area contributed by atoms with Gasteiger partial charge < -0.3 is 15.0 Å². The zero-order valence-corrected chi connectivity index (χ0v) is 17.0. The van der Waals surface area contributed by atoms with Crippen LogP contribution < -0.4 is 15.0 Å². The number of amides is 1. The summed E-state index contributed by atoms with van der Waals surface area (Å²) in [7, 11) is 1.38. The molecule has 1 N–H and O–H groups in total. The maximum Gasteiger partial charge on any atom is 0.273 e. The van der Waals surface area contributed by atoms with Crippen LogP contribution in [0.2, 0.25) is 0 Å². The quantitative estimate of drug-likeness (QED) is 0.534. The van der Waals surface area contributed by atoms with Gasteiger partial charge in [0.05, 0.1) is 41.1 Å². The summed E-state index contributed by atoms with van der Waals surface area (Å²) in [4.78, 5) is 26.7. The minimum absolute atomic E-state index is 0.119. The fourth-order valence-corrected chi connectivity index (χ4v) is 3.41. The molecule has 31 heavy (non-hydrogen) atoms. The van der Waals surface area contributed by atoms with Gasteiger partial charge in [-0.2, -0.15) is 5.26 Å². The molecule has 10 heteroatoms. The van der Waals surface area contributed by atoms with Crippen LogP contribution in [0.25, 0.3) is 0 Å². The molecule has 3 rings (SSSR count). The van der Waals surface area contributed by atoms with Crippen molar-refractivity contribution in [3.05, 3.63) is 57.9 Å². The smallest absolute Gasteiger partial charge is 0.273 e. The van der Waals surface area contributed by atoms with Crippen LogP contribution in [0.1, 0.15) is 12.0 Å². The number of non-ortho nitro benzene ring substituents is 1. The predicted molar refractivity (Wildman–Crippen MR) is 113 cm³/mol. The van der Waals surface area contributed by atoms with Crippen LogP contribution in [-0.2, 0) is 4.79 Å². The molecular weight excluding hydrogens is 405 g/mol. The van der Waals surface area contributed by atoms with Gasteiger partial charge in [-0.15, -0.1) is 0 Å². The van der Waals surface area contributed by atoms with Crippen molar-refractivity contribution in [3.63, 3.8) is 0 Å². The lowest BCUT2D eigenvalue weighted by Crippen LogP contribution is -2.47. The number of hydrogen-bond acceptors (Lipinski definition) is 7. The summed E-state index contributed by atoms with van der Waals surface area (Å²) in [5.41, 5.74) is 1.02. The van der Waals surface area contributed by atoms with Crippen molar-refractivity contribution >= 4 is 23.0 Å². The van der Waals surface area contributed by atoms with Crippen molar-refractivity contribution in [1.82, 2.24) is 4.90 Å². The summed E-state index contributed by atoms with van der Waals surface area (Å²) in [6, 6.07) is 10.4. The van der Waals surface area contributed by atoms with E-state index in [1.165, 1.54) is 31.4 Å². The lowest BCUT2D eigenvalue weighted by Gasteiger charge is -2.36. The van der Waals surface area contributed by atoms with E-state index in [4.69, 9.17) is 10.00 Å². The highest BCUT2D eigenvalue weighted by Crippen LogP contribution is 2.29. The minimum atomic E-state index is -0.530. The van der Waals surface area contributed by atoms with Crippen LogP contribution >= 0.6 is 0 Å². The number of benzene rings is 2. The van der Waals surface area contributed by atoms with Gasteiger partial charge in [0.15, 0.2) is 0 Å². The number of nitriles is 1. The second kappa shape index (κ2) is 9.86. The summed E-state index contributed by atoms with van der Waals surface area (Å²) in [5.74, 6) is -0.419. The first kappa shape index (κ1) is 22.0. The molecule has 1 saturated heterocycles. The van der Waals surface area contributed by atoms with Crippen LogP contribution in [0.15, 0.2) is 36.4 Å². The first-order valence-electron chi connectivity index (χ1n) is 9.70. The molecule has 0 radical (unpaired) electrons. The Hall–Kier alpha value is -3.71. The zero-order chi connectivity index (χ0) is 22.4. The SMILES string of the molecule is COc1cc([N+](=O)[O-])ccc1NC(=O)CCN1CCN(c2ccc(C#N)cc2F)CC1. The third-order valence-corrected chi connectivity index (χ3v) is 5.11. The molecular formula is C21H22FN5O4. The Morgan fingerprint density at radius 1 is 1.26 bits per heavy atom. The highest BCUT2D eigenvalue weighted by Gasteiger charge is 2.20. The van der Waals surface area contributed by atoms with Gasteiger partial charge in [-0.05, 0) is 24.3 Å². The fourth-order valence-electron chi connectivity index (χ4n) is 3.41. The van der Waals surface area contributed by atoms with Crippen molar-refractivity contribution < 1.29 is 18.8 Å². The summed E-state index contributed by atoms with van der Waals surface area (Å²) in [5, 5.41) is 22.4. The molecule has 1 fully saturated rings. The number of nitrogens with one attached hydrogen (secondary N) is 1. The van der Waals surface area contributed by atoms with Crippen LogP contribution in [0, 0.1) is 27.3 Å². The molecule has 2 aromatic carbocycles. The van der Waals surface area contributed by atoms with E-state index in [-0.39, 0.29) is 29.3 Å². The number of methoxy groups -OCH3 is 1. The molecule has 1 aliphatic heterocycles. The molecule has 162 valence electrons. The number of carbonyl (C=O) groups excluding carboxylic acids is 1. The zero-order valence-electron chi connectivity index (χ0n) is 17.0. The summed E-state index contributed by atoms with van der Waals surface area (Å²) >= 11 is 0. The van der Waals surface area contributed by atoms with Gasteiger partial charge >= 0.3 is 0 Å². The number of hydrogen-bond donors (Lipinski definition) is 1. The molecule has 9 nitrogen and oxygen atoms in total. The second-order valence-electron chi connectivity index (χ2n) is 7.05. The maximum atomic E-state index is 14.2. The molecule has 1 amide bonds. The molecule has 0 spiro atoms. The monoisotopic (exact) mass is 427 g/mol. The topological polar surface area (TPSA) is 112 Å². The predicted octanol–water partition coefficient (Wildman–Crippen LogP) is 2.76. The average Bonchev–Trinajstić information content (AvgIpc) is 2.78. The van der Waals surface area contributed by atoms with E-state index in [0.717, 1.165) is 0 Å². The van der Waals surface area contributed by atoms with Crippen LogP contribution in [0.5, 0.6) is 5.75 Å². The molecule has 0 unspecified atom stereocenters. The van der Waals surface area contributed by atoms with E-state index in [9.17, 15) is 19.3 Å². The molecule has 0 aliphatic carbocycles. The Morgan fingerprint density at radius 2 is 2.00 bits per heavy atom. The van der Waals surface area contributed by atoms with Crippen molar-refractivity contribution in [2.24, 2.45) is 0 Å². The number of anilines is 2. The van der Waals surface area contributed by atoms with Crippen LogP contribution in [0.4, 0.5) is 21.5 Å². The van der Waals surface area contributed by atoms with Crippen molar-refractivity contribution in [3.8, 4) is 11.8 Å². The van der Waals surface area contributed by atoms with E-state index in [2.05, 4.69) is 10.2 Å². The molecule has 1 heterocycles. The number of rotatable bonds is 7. The van der Waals surface area contributed by atoms with Crippen molar-refractivity contribution in [1.29, 1.82) is 5.26 Å². The van der Waals surface area contributed by atoms with E-state index in [1.54, 1.807) is 12.1 Å². The van der Waals surface area contributed by atoms with E-state index in [1.807, 2.05) is 11.0 Å². The lowest BCUT2D eigenvalue weighted by molar-refractivity contribution is -0.384. The summed E-state index contributed by atoms with van der Waals surface area (Å²) in [6.45, 7) is 3.10. The number of ether oxygens (including phenoxy) is 1. The first-order valence-corrected chi connectivity index (χ1v) is 9.70. The second-order valence-corrected chi connectivity index (χ2v) is 7.05. The Kier molecular flexibility index (Phi) is 6.99. The fraction of sp³-hybridized carbons (Fsp3) is 0.333. The van der Waals surface area contributed by atoms with Gasteiger partial charge in [0.1, 0.15) is 11.6 Å². The summed E-state index contributed by atoms with van der Waals surface area (Å²) < 4.78 is 19.3. The molecule has 0 saturated carbocycles. The number of carbonyl (C=O) groups is 1. The largest absolute Gasteiger partial charge is 0.494 e. The molecule has 0 aromatic heterocycles. The van der Waals surface area contributed by atoms with Crippen molar-refractivity contribution in [2.75, 3.05) is 50.1 Å². The molecule has 2 aromatic rings. The molecule has 1 aliphatic rings. The number of piperazine rings is 1. The lowest BCUT2D eigenvalue weighted by atomic mass is 10.1. The van der Waals surface area contributed by atoms with E-state index < -0.39 is 10.7 Å². The normalized spacial score (nSPS) is 14.0. The third-order valence-electron chi connectivity index (χ3n) is 5.11. The van der Waals surface area contributed by atoms with Gasteiger partial charge in [-0.25, -0.2) is 4.39 Å². The van der Waals surface area contributed by atoms with E-state index in [0.29, 0.717) is 44.1 Å². The summed E-state index contributed by atoms with van der Waals surface area (Å²) in [6.07, 6.45) is 0.241. The van der Waals surface area contributed by atoms with Gasteiger partial charge in [-0.3, -0.25) is 19.8 Å². The standard InChI is InChI=1S/C21H22FN5O4/c1-31-20-13-16(27(29)30)3-4-18(20)24-21(28)6-7-25-8-10-26(11-9-25)19-5-2-15(14-23)12-17(19)22/h2-5,12-13H,6-11H2,1H3,(H,24,28). The number of nitro groups is 1. The Labute approximate surface area is 178 Å². The average molecular weight is 427 g/mol. The Morgan fingerprint density at radius 3 is 2.61 bits per heavy atom. The molecule has 0 atom stereocenters. The van der Waals surface area contributed by atoms with Crippen molar-refractivity contribution in [2.45, 2.75) is 6.42 Å². The van der Waals surface area contributed by atoms with E-state index >= 15 is 0 Å². The Bertz CT molecular complexity index is 1020. The van der Waals surface area contributed by atoms with Gasteiger partial charge in [-0.1, -0.05) is 0 Å². The highest BCUT2D eigenvalue weighted by molar-refractivity contribution is 5.92. The van der Waals surface area contributed by atoms with Crippen LogP contribution in [0.3, 0.4) is 0 Å². The number of nitrogens with zero attached hydrogens (tertiary/aromatic N) is 4. The maximum absolute atomic E-state index is 14.2. The van der Waals surface area contributed by atoms with Gasteiger partial charge in [0, 0.05) is 45.2 Å². The number of halogens is 1. The van der Waals surface area contributed by atoms with Gasteiger partial charge in [0.25, 0.3) is 5.69 Å². The van der Waals surface area contributed by atoms with Gasteiger partial charge in [0.2, 0.25) is 5.91 Å². The Balaban J connectivity index is 1.49. The first-order chi connectivity index (χ1) is 14.9. The highest BCUT2D eigenvalue weighted by atomic mass is 19.1. The minimum Gasteiger partial charge on any atom is -0.494 e.